The molecule has 0 aromatic carbocycles. The lowest BCUT2D eigenvalue weighted by Gasteiger charge is -2.32. The molecule has 0 aromatic rings. The molecule has 2 rings (SSSR count). The van der Waals surface area contributed by atoms with Crippen LogP contribution in [0.15, 0.2) is 0 Å². The number of likely N-dealkylation sites (tertiary alicyclic amines) is 1. The smallest absolute Gasteiger partial charge is 0.410 e. The van der Waals surface area contributed by atoms with Gasteiger partial charge in [0.15, 0.2) is 0 Å². The molecule has 0 saturated carbocycles. The second-order valence-corrected chi connectivity index (χ2v) is 7.56. The van der Waals surface area contributed by atoms with Crippen LogP contribution in [0, 0.1) is 5.92 Å². The fraction of sp³-hybridized carbons (Fsp3) is 0.941. The van der Waals surface area contributed by atoms with Gasteiger partial charge in [0.25, 0.3) is 0 Å². The quantitative estimate of drug-likeness (QED) is 0.799. The van der Waals surface area contributed by atoms with Crippen LogP contribution >= 0.6 is 0 Å². The molecule has 0 aliphatic carbocycles. The maximum atomic E-state index is 12.2. The number of nitrogens with zero attached hydrogens (tertiary/aromatic N) is 1. The van der Waals surface area contributed by atoms with Crippen molar-refractivity contribution in [2.24, 2.45) is 5.92 Å². The Labute approximate surface area is 134 Å². The first kappa shape index (κ1) is 17.5. The predicted octanol–water partition coefficient (Wildman–Crippen LogP) is 3.22. The van der Waals surface area contributed by atoms with Gasteiger partial charge in [-0.15, -0.1) is 0 Å². The van der Waals surface area contributed by atoms with Crippen molar-refractivity contribution in [2.75, 3.05) is 32.9 Å². The van der Waals surface area contributed by atoms with Gasteiger partial charge in [0.1, 0.15) is 5.60 Å². The molecule has 1 amide bonds. The predicted molar refractivity (Wildman–Crippen MR) is 84.9 cm³/mol. The minimum absolute atomic E-state index is 0.199. The fourth-order valence-corrected chi connectivity index (χ4v) is 3.04. The highest BCUT2D eigenvalue weighted by molar-refractivity contribution is 5.68. The van der Waals surface area contributed by atoms with Gasteiger partial charge < -0.3 is 19.1 Å². The van der Waals surface area contributed by atoms with Gasteiger partial charge >= 0.3 is 6.09 Å². The van der Waals surface area contributed by atoms with E-state index in [1.807, 2.05) is 20.8 Å². The Balaban J connectivity index is 1.85. The van der Waals surface area contributed by atoms with E-state index in [0.717, 1.165) is 52.0 Å². The van der Waals surface area contributed by atoms with Crippen molar-refractivity contribution in [1.82, 2.24) is 4.90 Å². The lowest BCUT2D eigenvalue weighted by atomic mass is 9.97. The molecule has 128 valence electrons. The lowest BCUT2D eigenvalue weighted by molar-refractivity contribution is -0.0718. The molecule has 2 aliphatic heterocycles. The molecular formula is C17H31NO4. The van der Waals surface area contributed by atoms with Crippen LogP contribution in [-0.2, 0) is 14.2 Å². The Hall–Kier alpha value is -0.810. The summed E-state index contributed by atoms with van der Waals surface area (Å²) in [4.78, 5) is 14.0. The molecule has 2 aliphatic rings. The Morgan fingerprint density at radius 3 is 2.59 bits per heavy atom. The summed E-state index contributed by atoms with van der Waals surface area (Å²) in [6.07, 6.45) is 3.75. The minimum atomic E-state index is -0.447. The van der Waals surface area contributed by atoms with Crippen molar-refractivity contribution in [3.05, 3.63) is 0 Å². The average molecular weight is 313 g/mol. The molecule has 5 nitrogen and oxygen atoms in total. The number of ether oxygens (including phenoxy) is 3. The Kier molecular flexibility index (Phi) is 5.72. The maximum absolute atomic E-state index is 12.2. The molecule has 2 heterocycles. The van der Waals surface area contributed by atoms with Gasteiger partial charge in [-0.05, 0) is 52.4 Å². The van der Waals surface area contributed by atoms with Gasteiger partial charge in [-0.2, -0.15) is 0 Å². The zero-order valence-electron chi connectivity index (χ0n) is 14.5. The summed E-state index contributed by atoms with van der Waals surface area (Å²) < 4.78 is 17.1. The second kappa shape index (κ2) is 7.18. The van der Waals surface area contributed by atoms with E-state index < -0.39 is 5.60 Å². The van der Waals surface area contributed by atoms with E-state index in [1.165, 1.54) is 0 Å². The summed E-state index contributed by atoms with van der Waals surface area (Å²) in [5.74, 6) is 0.591. The highest BCUT2D eigenvalue weighted by atomic mass is 16.6. The molecule has 0 N–H and O–H groups in total. The van der Waals surface area contributed by atoms with Gasteiger partial charge in [0, 0.05) is 19.8 Å². The SMILES string of the molecule is CCC1(OCC2CCOCC2)CCN(C(=O)OC(C)(C)C)C1. The molecule has 22 heavy (non-hydrogen) atoms. The van der Waals surface area contributed by atoms with Gasteiger partial charge in [0.2, 0.25) is 0 Å². The third-order valence-corrected chi connectivity index (χ3v) is 4.58. The van der Waals surface area contributed by atoms with Crippen LogP contribution in [0.5, 0.6) is 0 Å². The van der Waals surface area contributed by atoms with E-state index in [2.05, 4.69) is 6.92 Å². The summed E-state index contributed by atoms with van der Waals surface area (Å²) in [5, 5.41) is 0. The molecule has 2 saturated heterocycles. The number of amides is 1. The maximum Gasteiger partial charge on any atom is 0.410 e. The Bertz CT molecular complexity index is 373. The average Bonchev–Trinajstić information content (AvgIpc) is 2.90. The number of hydrogen-bond acceptors (Lipinski definition) is 4. The molecule has 1 unspecified atom stereocenters. The van der Waals surface area contributed by atoms with Crippen LogP contribution in [0.2, 0.25) is 0 Å². The number of hydrogen-bond donors (Lipinski definition) is 0. The van der Waals surface area contributed by atoms with Crippen molar-refractivity contribution < 1.29 is 19.0 Å². The summed E-state index contributed by atoms with van der Waals surface area (Å²) in [6.45, 7) is 11.7. The first-order valence-corrected chi connectivity index (χ1v) is 8.53. The minimum Gasteiger partial charge on any atom is -0.444 e. The summed E-state index contributed by atoms with van der Waals surface area (Å²) in [6, 6.07) is 0. The van der Waals surface area contributed by atoms with E-state index >= 15 is 0 Å². The highest BCUT2D eigenvalue weighted by Crippen LogP contribution is 2.31. The lowest BCUT2D eigenvalue weighted by Crippen LogP contribution is -2.41. The van der Waals surface area contributed by atoms with E-state index in [4.69, 9.17) is 14.2 Å². The fourth-order valence-electron chi connectivity index (χ4n) is 3.04. The molecule has 0 radical (unpaired) electrons. The standard InChI is InChI=1S/C17H31NO4/c1-5-17(21-12-14-6-10-20-11-7-14)8-9-18(13-17)15(19)22-16(2,3)4/h14H,5-13H2,1-4H3. The van der Waals surface area contributed by atoms with E-state index in [9.17, 15) is 4.79 Å². The molecular weight excluding hydrogens is 282 g/mol. The third-order valence-electron chi connectivity index (χ3n) is 4.58. The topological polar surface area (TPSA) is 48.0 Å². The molecule has 5 heteroatoms. The van der Waals surface area contributed by atoms with Crippen molar-refractivity contribution in [1.29, 1.82) is 0 Å². The Morgan fingerprint density at radius 1 is 1.32 bits per heavy atom. The van der Waals surface area contributed by atoms with Crippen molar-refractivity contribution in [3.8, 4) is 0 Å². The highest BCUT2D eigenvalue weighted by Gasteiger charge is 2.41. The molecule has 2 fully saturated rings. The first-order valence-electron chi connectivity index (χ1n) is 8.53. The summed E-state index contributed by atoms with van der Waals surface area (Å²) >= 11 is 0. The third kappa shape index (κ3) is 4.85. The molecule has 0 bridgehead atoms. The van der Waals surface area contributed by atoms with Crippen LogP contribution in [0.1, 0.15) is 53.4 Å². The van der Waals surface area contributed by atoms with Crippen molar-refractivity contribution in [2.45, 2.75) is 64.6 Å². The Morgan fingerprint density at radius 2 is 2.00 bits per heavy atom. The number of carbonyl (C=O) groups excluding carboxylic acids is 1. The van der Waals surface area contributed by atoms with Crippen molar-refractivity contribution >= 4 is 6.09 Å². The van der Waals surface area contributed by atoms with Crippen LogP contribution < -0.4 is 0 Å². The monoisotopic (exact) mass is 313 g/mol. The number of carbonyl (C=O) groups is 1. The van der Waals surface area contributed by atoms with Crippen LogP contribution in [0.3, 0.4) is 0 Å². The van der Waals surface area contributed by atoms with Crippen LogP contribution in [0.4, 0.5) is 4.79 Å². The van der Waals surface area contributed by atoms with Crippen LogP contribution in [0.25, 0.3) is 0 Å². The van der Waals surface area contributed by atoms with E-state index in [1.54, 1.807) is 4.90 Å². The zero-order chi connectivity index (χ0) is 16.2. The van der Waals surface area contributed by atoms with Gasteiger partial charge in [0.05, 0.1) is 18.8 Å². The van der Waals surface area contributed by atoms with Crippen molar-refractivity contribution in [3.63, 3.8) is 0 Å². The van der Waals surface area contributed by atoms with Gasteiger partial charge in [-0.25, -0.2) is 4.79 Å². The molecule has 0 spiro atoms. The first-order chi connectivity index (χ1) is 10.3. The summed E-state index contributed by atoms with van der Waals surface area (Å²) in [7, 11) is 0. The van der Waals surface area contributed by atoms with E-state index in [0.29, 0.717) is 12.5 Å². The van der Waals surface area contributed by atoms with Gasteiger partial charge in [-0.3, -0.25) is 0 Å². The van der Waals surface area contributed by atoms with Crippen LogP contribution in [-0.4, -0.2) is 55.1 Å². The molecule has 1 atom stereocenters. The largest absolute Gasteiger partial charge is 0.444 e. The molecule has 0 aromatic heterocycles. The normalized spacial score (nSPS) is 27.2. The summed E-state index contributed by atoms with van der Waals surface area (Å²) in [5.41, 5.74) is -0.646. The zero-order valence-corrected chi connectivity index (χ0v) is 14.5. The number of rotatable bonds is 4. The second-order valence-electron chi connectivity index (χ2n) is 7.56. The van der Waals surface area contributed by atoms with Gasteiger partial charge in [-0.1, -0.05) is 6.92 Å². The van der Waals surface area contributed by atoms with E-state index in [-0.39, 0.29) is 11.7 Å².